The highest BCUT2D eigenvalue weighted by Crippen LogP contribution is 2.34. The Hall–Kier alpha value is -2.08. The van der Waals surface area contributed by atoms with Gasteiger partial charge < -0.3 is 15.0 Å². The van der Waals surface area contributed by atoms with Crippen LogP contribution in [0.25, 0.3) is 10.2 Å². The molecule has 138 valence electrons. The second-order valence-electron chi connectivity index (χ2n) is 7.08. The number of thiazole rings is 1. The molecule has 1 aromatic heterocycles. The molecule has 6 heteroatoms. The SMILES string of the molecule is COc1ccc2nc(N3CC(C(=O)NCCC4=CCCCC4)C3)sc2c1. The smallest absolute Gasteiger partial charge is 0.226 e. The van der Waals surface area contributed by atoms with Crippen LogP contribution >= 0.6 is 11.3 Å². The van der Waals surface area contributed by atoms with E-state index in [1.54, 1.807) is 18.4 Å². The molecule has 0 atom stereocenters. The van der Waals surface area contributed by atoms with Crippen LogP contribution in [-0.2, 0) is 4.79 Å². The average Bonchev–Trinajstić information content (AvgIpc) is 3.03. The number of methoxy groups -OCH3 is 1. The molecule has 1 aliphatic heterocycles. The van der Waals surface area contributed by atoms with Gasteiger partial charge in [0, 0.05) is 19.6 Å². The highest BCUT2D eigenvalue weighted by atomic mass is 32.1. The molecule has 26 heavy (non-hydrogen) atoms. The first-order chi connectivity index (χ1) is 12.7. The molecule has 1 aliphatic carbocycles. The van der Waals surface area contributed by atoms with Crippen molar-refractivity contribution in [3.63, 3.8) is 0 Å². The van der Waals surface area contributed by atoms with Crippen LogP contribution in [0.3, 0.4) is 0 Å². The Balaban J connectivity index is 1.26. The lowest BCUT2D eigenvalue weighted by atomic mass is 9.97. The number of allylic oxidation sites excluding steroid dienone is 1. The fourth-order valence-corrected chi connectivity index (χ4v) is 4.59. The summed E-state index contributed by atoms with van der Waals surface area (Å²) in [5, 5.41) is 4.10. The largest absolute Gasteiger partial charge is 0.497 e. The van der Waals surface area contributed by atoms with Crippen LogP contribution in [-0.4, -0.2) is 37.6 Å². The highest BCUT2D eigenvalue weighted by Gasteiger charge is 2.34. The number of hydrogen-bond donors (Lipinski definition) is 1. The summed E-state index contributed by atoms with van der Waals surface area (Å²) in [4.78, 5) is 19.2. The number of hydrogen-bond acceptors (Lipinski definition) is 5. The number of carbonyl (C=O) groups excluding carboxylic acids is 1. The van der Waals surface area contributed by atoms with Gasteiger partial charge in [-0.1, -0.05) is 23.0 Å². The summed E-state index contributed by atoms with van der Waals surface area (Å²) in [6.07, 6.45) is 8.37. The van der Waals surface area contributed by atoms with Crippen LogP contribution in [0.15, 0.2) is 29.8 Å². The first-order valence-electron chi connectivity index (χ1n) is 9.38. The fraction of sp³-hybridized carbons (Fsp3) is 0.500. The van der Waals surface area contributed by atoms with Crippen molar-refractivity contribution in [1.82, 2.24) is 10.3 Å². The number of aromatic nitrogens is 1. The summed E-state index contributed by atoms with van der Waals surface area (Å²) >= 11 is 1.66. The van der Waals surface area contributed by atoms with Crippen LogP contribution in [0.4, 0.5) is 5.13 Å². The van der Waals surface area contributed by atoms with E-state index < -0.39 is 0 Å². The van der Waals surface area contributed by atoms with Crippen LogP contribution in [0.2, 0.25) is 0 Å². The molecule has 2 aromatic rings. The molecule has 5 nitrogen and oxygen atoms in total. The standard InChI is InChI=1S/C20H25N3O2S/c1-25-16-7-8-17-18(11-16)26-20(22-17)23-12-15(13-23)19(24)21-10-9-14-5-3-2-4-6-14/h5,7-8,11,15H,2-4,6,9-10,12-13H2,1H3,(H,21,24). The third kappa shape index (κ3) is 3.70. The van der Waals surface area contributed by atoms with Crippen molar-refractivity contribution >= 4 is 32.6 Å². The quantitative estimate of drug-likeness (QED) is 0.786. The monoisotopic (exact) mass is 371 g/mol. The molecule has 0 bridgehead atoms. The number of fused-ring (bicyclic) bond motifs is 1. The van der Waals surface area contributed by atoms with E-state index in [4.69, 9.17) is 4.74 Å². The first-order valence-corrected chi connectivity index (χ1v) is 10.2. The third-order valence-electron chi connectivity index (χ3n) is 5.24. The number of nitrogens with zero attached hydrogens (tertiary/aromatic N) is 2. The van der Waals surface area contributed by atoms with Crippen molar-refractivity contribution in [3.8, 4) is 5.75 Å². The lowest BCUT2D eigenvalue weighted by Crippen LogP contribution is -2.53. The first kappa shape index (κ1) is 17.3. The molecule has 1 amide bonds. The second-order valence-corrected chi connectivity index (χ2v) is 8.09. The lowest BCUT2D eigenvalue weighted by Gasteiger charge is -2.38. The van der Waals surface area contributed by atoms with E-state index in [9.17, 15) is 4.79 Å². The summed E-state index contributed by atoms with van der Waals surface area (Å²) in [7, 11) is 1.67. The second kappa shape index (κ2) is 7.66. The predicted molar refractivity (Wildman–Crippen MR) is 106 cm³/mol. The van der Waals surface area contributed by atoms with E-state index in [-0.39, 0.29) is 11.8 Å². The maximum Gasteiger partial charge on any atom is 0.226 e. The molecule has 2 aliphatic rings. The lowest BCUT2D eigenvalue weighted by molar-refractivity contribution is -0.125. The third-order valence-corrected chi connectivity index (χ3v) is 6.32. The van der Waals surface area contributed by atoms with E-state index in [2.05, 4.69) is 21.3 Å². The molecule has 0 spiro atoms. The summed E-state index contributed by atoms with van der Waals surface area (Å²) in [5.74, 6) is 1.11. The fourth-order valence-electron chi connectivity index (χ4n) is 3.58. The summed E-state index contributed by atoms with van der Waals surface area (Å²) in [6, 6.07) is 5.93. The number of anilines is 1. The molecule has 1 fully saturated rings. The summed E-state index contributed by atoms with van der Waals surface area (Å²) in [6.45, 7) is 2.28. The van der Waals surface area contributed by atoms with Gasteiger partial charge in [-0.15, -0.1) is 0 Å². The molecular weight excluding hydrogens is 346 g/mol. The average molecular weight is 372 g/mol. The van der Waals surface area contributed by atoms with E-state index in [1.165, 1.54) is 31.3 Å². The zero-order valence-corrected chi connectivity index (χ0v) is 16.0. The topological polar surface area (TPSA) is 54.5 Å². The molecule has 1 aromatic carbocycles. The molecule has 1 saturated heterocycles. The Kier molecular flexibility index (Phi) is 5.11. The molecule has 0 saturated carbocycles. The van der Waals surface area contributed by atoms with Crippen LogP contribution in [0.1, 0.15) is 32.1 Å². The van der Waals surface area contributed by atoms with E-state index in [0.29, 0.717) is 0 Å². The van der Waals surface area contributed by atoms with Gasteiger partial charge in [-0.3, -0.25) is 4.79 Å². The number of benzene rings is 1. The van der Waals surface area contributed by atoms with Gasteiger partial charge in [0.2, 0.25) is 5.91 Å². The van der Waals surface area contributed by atoms with Crippen molar-refractivity contribution in [1.29, 1.82) is 0 Å². The maximum absolute atomic E-state index is 12.3. The van der Waals surface area contributed by atoms with Gasteiger partial charge in [-0.2, -0.15) is 0 Å². The number of ether oxygens (including phenoxy) is 1. The molecule has 0 unspecified atom stereocenters. The van der Waals surface area contributed by atoms with Crippen molar-refractivity contribution in [3.05, 3.63) is 29.8 Å². The van der Waals surface area contributed by atoms with Crippen molar-refractivity contribution < 1.29 is 9.53 Å². The van der Waals surface area contributed by atoms with E-state index in [1.807, 2.05) is 18.2 Å². The van der Waals surface area contributed by atoms with Gasteiger partial charge in [0.05, 0.1) is 23.2 Å². The van der Waals surface area contributed by atoms with Crippen LogP contribution < -0.4 is 15.0 Å². The van der Waals surface area contributed by atoms with Gasteiger partial charge in [0.25, 0.3) is 0 Å². The number of carbonyl (C=O) groups is 1. The Morgan fingerprint density at radius 2 is 2.27 bits per heavy atom. The summed E-state index contributed by atoms with van der Waals surface area (Å²) in [5.41, 5.74) is 2.50. The Labute approximate surface area is 158 Å². The van der Waals surface area contributed by atoms with Gasteiger partial charge in [0.15, 0.2) is 5.13 Å². The summed E-state index contributed by atoms with van der Waals surface area (Å²) < 4.78 is 6.39. The molecular formula is C20H25N3O2S. The van der Waals surface area contributed by atoms with Gasteiger partial charge in [0.1, 0.15) is 5.75 Å². The Morgan fingerprint density at radius 1 is 1.38 bits per heavy atom. The Morgan fingerprint density at radius 3 is 3.04 bits per heavy atom. The van der Waals surface area contributed by atoms with E-state index >= 15 is 0 Å². The number of rotatable bonds is 6. The molecule has 0 radical (unpaired) electrons. The van der Waals surface area contributed by atoms with Crippen molar-refractivity contribution in [2.45, 2.75) is 32.1 Å². The van der Waals surface area contributed by atoms with Crippen molar-refractivity contribution in [2.24, 2.45) is 5.92 Å². The van der Waals surface area contributed by atoms with Crippen LogP contribution in [0, 0.1) is 5.92 Å². The van der Waals surface area contributed by atoms with Gasteiger partial charge in [-0.05, 0) is 50.3 Å². The maximum atomic E-state index is 12.3. The number of nitrogens with one attached hydrogen (secondary N) is 1. The van der Waals surface area contributed by atoms with Gasteiger partial charge >= 0.3 is 0 Å². The highest BCUT2D eigenvalue weighted by molar-refractivity contribution is 7.22. The van der Waals surface area contributed by atoms with Crippen LogP contribution in [0.5, 0.6) is 5.75 Å². The zero-order valence-electron chi connectivity index (χ0n) is 15.2. The minimum atomic E-state index is 0.0804. The Bertz CT molecular complexity index is 824. The number of amides is 1. The van der Waals surface area contributed by atoms with E-state index in [0.717, 1.165) is 47.2 Å². The minimum Gasteiger partial charge on any atom is -0.497 e. The molecule has 1 N–H and O–H groups in total. The minimum absolute atomic E-state index is 0.0804. The molecule has 4 rings (SSSR count). The predicted octanol–water partition coefficient (Wildman–Crippen LogP) is 3.75. The normalized spacial score (nSPS) is 17.7. The van der Waals surface area contributed by atoms with Gasteiger partial charge in [-0.25, -0.2) is 4.98 Å². The molecule has 2 heterocycles. The van der Waals surface area contributed by atoms with Crippen molar-refractivity contribution in [2.75, 3.05) is 31.6 Å². The zero-order chi connectivity index (χ0) is 17.9.